The van der Waals surface area contributed by atoms with Crippen LogP contribution in [0, 0.1) is 6.92 Å². The van der Waals surface area contributed by atoms with E-state index in [1.807, 2.05) is 35.6 Å². The summed E-state index contributed by atoms with van der Waals surface area (Å²) in [5.41, 5.74) is 2.87. The standard InChI is InChI=1S/C19H15Cl2N5OS/c1-10-7-16-24-25-19(26(16)15-6-4-3-5-13(10)15)28-11(2)18(27)23-17-14(21)8-12(20)9-22-17/h3-9,11H,1-2H3,(H,22,23,27)/t11-/m0/s1. The number of amides is 1. The largest absolute Gasteiger partial charge is 0.308 e. The first-order chi connectivity index (χ1) is 13.4. The molecule has 6 nitrogen and oxygen atoms in total. The lowest BCUT2D eigenvalue weighted by molar-refractivity contribution is -0.115. The van der Waals surface area contributed by atoms with Crippen LogP contribution in [0.4, 0.5) is 5.82 Å². The maximum Gasteiger partial charge on any atom is 0.238 e. The van der Waals surface area contributed by atoms with Crippen molar-refractivity contribution < 1.29 is 4.79 Å². The Kier molecular flexibility index (Phi) is 5.14. The second-order valence-electron chi connectivity index (χ2n) is 6.25. The zero-order chi connectivity index (χ0) is 19.8. The lowest BCUT2D eigenvalue weighted by Gasteiger charge is -2.12. The highest BCUT2D eigenvalue weighted by molar-refractivity contribution is 8.00. The van der Waals surface area contributed by atoms with Crippen LogP contribution in [0.25, 0.3) is 16.6 Å². The van der Waals surface area contributed by atoms with Crippen LogP contribution in [0.5, 0.6) is 0 Å². The summed E-state index contributed by atoms with van der Waals surface area (Å²) >= 11 is 13.2. The third kappa shape index (κ3) is 3.53. The summed E-state index contributed by atoms with van der Waals surface area (Å²) in [7, 11) is 0. The minimum Gasteiger partial charge on any atom is -0.308 e. The van der Waals surface area contributed by atoms with E-state index in [0.717, 1.165) is 22.1 Å². The van der Waals surface area contributed by atoms with Crippen molar-refractivity contribution in [2.24, 2.45) is 0 Å². The lowest BCUT2D eigenvalue weighted by atomic mass is 10.1. The number of thioether (sulfide) groups is 1. The zero-order valence-electron chi connectivity index (χ0n) is 15.0. The molecule has 1 atom stereocenters. The van der Waals surface area contributed by atoms with E-state index < -0.39 is 5.25 Å². The number of anilines is 1. The highest BCUT2D eigenvalue weighted by atomic mass is 35.5. The van der Waals surface area contributed by atoms with Crippen molar-refractivity contribution >= 4 is 63.2 Å². The zero-order valence-corrected chi connectivity index (χ0v) is 17.3. The third-order valence-electron chi connectivity index (χ3n) is 4.27. The number of nitrogens with zero attached hydrogens (tertiary/aromatic N) is 4. The van der Waals surface area contributed by atoms with Crippen LogP contribution in [0.2, 0.25) is 10.0 Å². The van der Waals surface area contributed by atoms with Crippen LogP contribution in [-0.4, -0.2) is 30.7 Å². The van der Waals surface area contributed by atoms with E-state index in [1.54, 1.807) is 6.92 Å². The minimum atomic E-state index is -0.444. The Labute approximate surface area is 175 Å². The Bertz CT molecular complexity index is 1210. The molecule has 0 fully saturated rings. The van der Waals surface area contributed by atoms with Crippen LogP contribution in [-0.2, 0) is 4.79 Å². The molecule has 4 rings (SSSR count). The van der Waals surface area contributed by atoms with Gasteiger partial charge >= 0.3 is 0 Å². The van der Waals surface area contributed by atoms with Crippen molar-refractivity contribution in [2.75, 3.05) is 5.32 Å². The summed E-state index contributed by atoms with van der Waals surface area (Å²) in [6.07, 6.45) is 1.43. The van der Waals surface area contributed by atoms with Crippen molar-refractivity contribution in [2.45, 2.75) is 24.3 Å². The molecule has 1 N–H and O–H groups in total. The van der Waals surface area contributed by atoms with Crippen LogP contribution in [0.15, 0.2) is 47.8 Å². The Morgan fingerprint density at radius 1 is 1.21 bits per heavy atom. The summed E-state index contributed by atoms with van der Waals surface area (Å²) < 4.78 is 1.96. The molecule has 0 spiro atoms. The van der Waals surface area contributed by atoms with Crippen molar-refractivity contribution in [3.63, 3.8) is 0 Å². The van der Waals surface area contributed by atoms with Gasteiger partial charge in [-0.25, -0.2) is 4.98 Å². The molecule has 28 heavy (non-hydrogen) atoms. The third-order valence-corrected chi connectivity index (χ3v) is 5.81. The van der Waals surface area contributed by atoms with Crippen molar-refractivity contribution in [3.8, 4) is 0 Å². The number of carbonyl (C=O) groups is 1. The molecular weight excluding hydrogens is 417 g/mol. The summed E-state index contributed by atoms with van der Waals surface area (Å²) in [4.78, 5) is 16.7. The average molecular weight is 432 g/mol. The van der Waals surface area contributed by atoms with E-state index >= 15 is 0 Å². The maximum atomic E-state index is 12.6. The monoisotopic (exact) mass is 431 g/mol. The van der Waals surface area contributed by atoms with Crippen LogP contribution in [0.3, 0.4) is 0 Å². The number of hydrogen-bond donors (Lipinski definition) is 1. The Morgan fingerprint density at radius 3 is 2.79 bits per heavy atom. The number of nitrogens with one attached hydrogen (secondary N) is 1. The molecule has 0 aliphatic heterocycles. The maximum absolute atomic E-state index is 12.6. The van der Waals surface area contributed by atoms with Gasteiger partial charge in [0.15, 0.2) is 16.6 Å². The molecule has 3 heterocycles. The molecule has 0 saturated carbocycles. The van der Waals surface area contributed by atoms with Crippen molar-refractivity contribution in [3.05, 3.63) is 58.2 Å². The summed E-state index contributed by atoms with van der Waals surface area (Å²) in [5.74, 6) is 0.0329. The van der Waals surface area contributed by atoms with Gasteiger partial charge in [-0.3, -0.25) is 9.20 Å². The molecule has 0 unspecified atom stereocenters. The highest BCUT2D eigenvalue weighted by Gasteiger charge is 2.20. The van der Waals surface area contributed by atoms with Gasteiger partial charge in [-0.15, -0.1) is 10.2 Å². The van der Waals surface area contributed by atoms with Gasteiger partial charge in [0, 0.05) is 11.6 Å². The first kappa shape index (κ1) is 19.0. The summed E-state index contributed by atoms with van der Waals surface area (Å²) in [6, 6.07) is 11.6. The number of pyridine rings is 2. The van der Waals surface area contributed by atoms with E-state index in [9.17, 15) is 4.79 Å². The summed E-state index contributed by atoms with van der Waals surface area (Å²) in [5, 5.41) is 13.3. The quantitative estimate of drug-likeness (QED) is 0.459. The predicted molar refractivity (Wildman–Crippen MR) is 113 cm³/mol. The van der Waals surface area contributed by atoms with Crippen molar-refractivity contribution in [1.82, 2.24) is 19.6 Å². The first-order valence-electron chi connectivity index (χ1n) is 8.46. The molecule has 0 aliphatic carbocycles. The topological polar surface area (TPSA) is 72.2 Å². The number of aryl methyl sites for hydroxylation is 1. The van der Waals surface area contributed by atoms with Crippen LogP contribution >= 0.6 is 35.0 Å². The number of carbonyl (C=O) groups excluding carboxylic acids is 1. The van der Waals surface area contributed by atoms with E-state index in [0.29, 0.717) is 10.2 Å². The predicted octanol–water partition coefficient (Wildman–Crippen LogP) is 5.01. The van der Waals surface area contributed by atoms with Gasteiger partial charge in [0.1, 0.15) is 0 Å². The molecule has 0 aliphatic rings. The van der Waals surface area contributed by atoms with Crippen LogP contribution in [0.1, 0.15) is 12.5 Å². The lowest BCUT2D eigenvalue weighted by Crippen LogP contribution is -2.23. The number of halogens is 2. The number of hydrogen-bond acceptors (Lipinski definition) is 5. The van der Waals surface area contributed by atoms with Gasteiger partial charge in [-0.05, 0) is 37.6 Å². The fourth-order valence-corrected chi connectivity index (χ4v) is 4.18. The van der Waals surface area contributed by atoms with Crippen molar-refractivity contribution in [1.29, 1.82) is 0 Å². The number of benzene rings is 1. The second-order valence-corrected chi connectivity index (χ2v) is 8.41. The number of rotatable bonds is 4. The SMILES string of the molecule is Cc1cc2nnc(S[C@@H](C)C(=O)Nc3ncc(Cl)cc3Cl)n2c2ccccc12. The van der Waals surface area contributed by atoms with Crippen LogP contribution < -0.4 is 5.32 Å². The van der Waals surface area contributed by atoms with E-state index in [4.69, 9.17) is 23.2 Å². The fraction of sp³-hybridized carbons (Fsp3) is 0.158. The number of fused-ring (bicyclic) bond motifs is 3. The molecule has 4 aromatic rings. The average Bonchev–Trinajstić information content (AvgIpc) is 3.06. The molecule has 0 saturated heterocycles. The molecule has 9 heteroatoms. The Balaban J connectivity index is 1.62. The van der Waals surface area contributed by atoms with Gasteiger partial charge in [0.05, 0.1) is 20.8 Å². The van der Waals surface area contributed by atoms with Gasteiger partial charge in [0.25, 0.3) is 0 Å². The molecule has 0 bridgehead atoms. The summed E-state index contributed by atoms with van der Waals surface area (Å²) in [6.45, 7) is 3.84. The van der Waals surface area contributed by atoms with E-state index in [2.05, 4.69) is 26.6 Å². The Hall–Kier alpha value is -2.35. The number of para-hydroxylation sites is 1. The fourth-order valence-electron chi connectivity index (χ4n) is 2.89. The second kappa shape index (κ2) is 7.58. The van der Waals surface area contributed by atoms with Gasteiger partial charge in [-0.2, -0.15) is 0 Å². The van der Waals surface area contributed by atoms with E-state index in [1.165, 1.54) is 24.0 Å². The smallest absolute Gasteiger partial charge is 0.238 e. The minimum absolute atomic E-state index is 0.241. The molecule has 1 aromatic carbocycles. The molecule has 0 radical (unpaired) electrons. The normalized spacial score (nSPS) is 12.4. The van der Waals surface area contributed by atoms with Gasteiger partial charge in [-0.1, -0.05) is 53.2 Å². The van der Waals surface area contributed by atoms with Gasteiger partial charge < -0.3 is 5.32 Å². The van der Waals surface area contributed by atoms with E-state index in [-0.39, 0.29) is 16.7 Å². The Morgan fingerprint density at radius 2 is 2.00 bits per heavy atom. The molecule has 1 amide bonds. The molecule has 142 valence electrons. The molecular formula is C19H15Cl2N5OS. The number of aromatic nitrogens is 4. The van der Waals surface area contributed by atoms with Gasteiger partial charge in [0.2, 0.25) is 5.91 Å². The first-order valence-corrected chi connectivity index (χ1v) is 10.1. The highest BCUT2D eigenvalue weighted by Crippen LogP contribution is 2.29. The molecule has 3 aromatic heterocycles.